The van der Waals surface area contributed by atoms with Gasteiger partial charge in [-0.3, -0.25) is 0 Å². The summed E-state index contributed by atoms with van der Waals surface area (Å²) in [6.45, 7) is 2.77. The van der Waals surface area contributed by atoms with Crippen LogP contribution in [0.25, 0.3) is 0 Å². The van der Waals surface area contributed by atoms with Crippen LogP contribution in [0, 0.1) is 5.92 Å². The molecule has 0 heterocycles. The SMILES string of the molecule is CCOc1ccc(S(=O)(=O)NC(CN)C2CC2)cc1. The van der Waals surface area contributed by atoms with E-state index in [1.807, 2.05) is 6.92 Å². The Kier molecular flexibility index (Phi) is 4.44. The molecule has 1 unspecified atom stereocenters. The standard InChI is InChI=1S/C13H20N2O3S/c1-2-18-11-5-7-12(8-6-11)19(16,17)15-13(9-14)10-3-4-10/h5-8,10,13,15H,2-4,9,14H2,1H3. The van der Waals surface area contributed by atoms with Gasteiger partial charge < -0.3 is 10.5 Å². The second-order valence-electron chi connectivity index (χ2n) is 4.71. The maximum Gasteiger partial charge on any atom is 0.240 e. The van der Waals surface area contributed by atoms with Crippen molar-refractivity contribution in [2.45, 2.75) is 30.7 Å². The molecule has 0 bridgehead atoms. The summed E-state index contributed by atoms with van der Waals surface area (Å²) >= 11 is 0. The van der Waals surface area contributed by atoms with E-state index in [1.54, 1.807) is 24.3 Å². The van der Waals surface area contributed by atoms with Gasteiger partial charge in [-0.2, -0.15) is 0 Å². The second kappa shape index (κ2) is 5.90. The zero-order valence-electron chi connectivity index (χ0n) is 11.0. The minimum Gasteiger partial charge on any atom is -0.494 e. The van der Waals surface area contributed by atoms with Crippen LogP contribution in [0.2, 0.25) is 0 Å². The molecule has 0 aliphatic heterocycles. The van der Waals surface area contributed by atoms with Gasteiger partial charge in [0.05, 0.1) is 11.5 Å². The van der Waals surface area contributed by atoms with E-state index in [9.17, 15) is 8.42 Å². The third kappa shape index (κ3) is 3.68. The predicted molar refractivity (Wildman–Crippen MR) is 73.5 cm³/mol. The molecule has 0 saturated heterocycles. The highest BCUT2D eigenvalue weighted by atomic mass is 32.2. The van der Waals surface area contributed by atoms with Gasteiger partial charge in [-0.05, 0) is 49.9 Å². The number of hydrogen-bond donors (Lipinski definition) is 2. The van der Waals surface area contributed by atoms with E-state index in [1.165, 1.54) is 0 Å². The summed E-state index contributed by atoms with van der Waals surface area (Å²) in [5, 5.41) is 0. The number of hydrogen-bond acceptors (Lipinski definition) is 4. The molecule has 0 aromatic heterocycles. The third-order valence-electron chi connectivity index (χ3n) is 3.20. The van der Waals surface area contributed by atoms with Crippen molar-refractivity contribution in [3.63, 3.8) is 0 Å². The molecule has 0 spiro atoms. The Morgan fingerprint density at radius 3 is 2.47 bits per heavy atom. The quantitative estimate of drug-likeness (QED) is 0.785. The summed E-state index contributed by atoms with van der Waals surface area (Å²) in [6, 6.07) is 6.26. The Hall–Kier alpha value is -1.11. The van der Waals surface area contributed by atoms with E-state index < -0.39 is 10.0 Å². The molecule has 1 aromatic rings. The molecule has 0 amide bonds. The molecule has 1 atom stereocenters. The Morgan fingerprint density at radius 1 is 1.37 bits per heavy atom. The summed E-state index contributed by atoms with van der Waals surface area (Å²) in [4.78, 5) is 0.245. The summed E-state index contributed by atoms with van der Waals surface area (Å²) in [7, 11) is -3.49. The van der Waals surface area contributed by atoms with Crippen molar-refractivity contribution in [3.8, 4) is 5.75 Å². The normalized spacial score (nSPS) is 17.2. The number of nitrogens with one attached hydrogen (secondary N) is 1. The van der Waals surface area contributed by atoms with Crippen LogP contribution < -0.4 is 15.2 Å². The van der Waals surface area contributed by atoms with E-state index in [0.29, 0.717) is 24.8 Å². The molecule has 1 saturated carbocycles. The number of ether oxygens (including phenoxy) is 1. The van der Waals surface area contributed by atoms with Gasteiger partial charge in [0, 0.05) is 12.6 Å². The largest absolute Gasteiger partial charge is 0.494 e. The van der Waals surface area contributed by atoms with Gasteiger partial charge in [0.25, 0.3) is 0 Å². The van der Waals surface area contributed by atoms with Gasteiger partial charge in [-0.1, -0.05) is 0 Å². The van der Waals surface area contributed by atoms with Crippen LogP contribution in [0.5, 0.6) is 5.75 Å². The third-order valence-corrected chi connectivity index (χ3v) is 4.70. The Bertz CT molecular complexity index is 509. The van der Waals surface area contributed by atoms with Gasteiger partial charge in [0.15, 0.2) is 0 Å². The van der Waals surface area contributed by atoms with Crippen molar-refractivity contribution in [3.05, 3.63) is 24.3 Å². The van der Waals surface area contributed by atoms with Crippen LogP contribution in [0.1, 0.15) is 19.8 Å². The van der Waals surface area contributed by atoms with E-state index >= 15 is 0 Å². The van der Waals surface area contributed by atoms with Gasteiger partial charge in [-0.15, -0.1) is 0 Å². The molecule has 19 heavy (non-hydrogen) atoms. The van der Waals surface area contributed by atoms with Crippen molar-refractivity contribution in [1.29, 1.82) is 0 Å². The average molecular weight is 284 g/mol. The summed E-state index contributed by atoms with van der Waals surface area (Å²) in [6.07, 6.45) is 2.10. The van der Waals surface area contributed by atoms with E-state index in [0.717, 1.165) is 12.8 Å². The predicted octanol–water partition coefficient (Wildman–Crippen LogP) is 1.10. The lowest BCUT2D eigenvalue weighted by atomic mass is 10.2. The van der Waals surface area contributed by atoms with Crippen molar-refractivity contribution < 1.29 is 13.2 Å². The fourth-order valence-electron chi connectivity index (χ4n) is 1.98. The first kappa shape index (κ1) is 14.3. The number of sulfonamides is 1. The van der Waals surface area contributed by atoms with Crippen LogP contribution in [0.15, 0.2) is 29.2 Å². The maximum absolute atomic E-state index is 12.2. The molecule has 1 aromatic carbocycles. The van der Waals surface area contributed by atoms with Gasteiger partial charge in [-0.25, -0.2) is 13.1 Å². The molecule has 6 heteroatoms. The highest BCUT2D eigenvalue weighted by Crippen LogP contribution is 2.32. The highest BCUT2D eigenvalue weighted by molar-refractivity contribution is 7.89. The van der Waals surface area contributed by atoms with Crippen molar-refractivity contribution in [2.24, 2.45) is 11.7 Å². The molecular formula is C13H20N2O3S. The molecule has 106 valence electrons. The van der Waals surface area contributed by atoms with Gasteiger partial charge >= 0.3 is 0 Å². The minimum atomic E-state index is -3.49. The lowest BCUT2D eigenvalue weighted by Crippen LogP contribution is -2.41. The first-order valence-electron chi connectivity index (χ1n) is 6.52. The Balaban J connectivity index is 2.09. The van der Waals surface area contributed by atoms with Crippen LogP contribution in [0.4, 0.5) is 0 Å². The molecule has 3 N–H and O–H groups in total. The topological polar surface area (TPSA) is 81.4 Å². The smallest absolute Gasteiger partial charge is 0.240 e. The van der Waals surface area contributed by atoms with Crippen molar-refractivity contribution in [1.82, 2.24) is 4.72 Å². The molecule has 1 aliphatic rings. The molecule has 2 rings (SSSR count). The van der Waals surface area contributed by atoms with Crippen LogP contribution in [-0.4, -0.2) is 27.6 Å². The summed E-state index contributed by atoms with van der Waals surface area (Å²) < 4.78 is 32.4. The maximum atomic E-state index is 12.2. The molecule has 5 nitrogen and oxygen atoms in total. The average Bonchev–Trinajstić information content (AvgIpc) is 3.21. The summed E-state index contributed by atoms with van der Waals surface area (Å²) in [5.41, 5.74) is 5.62. The number of nitrogens with two attached hydrogens (primary N) is 1. The molecule has 1 aliphatic carbocycles. The lowest BCUT2D eigenvalue weighted by molar-refractivity contribution is 0.340. The second-order valence-corrected chi connectivity index (χ2v) is 6.42. The minimum absolute atomic E-state index is 0.156. The highest BCUT2D eigenvalue weighted by Gasteiger charge is 2.33. The Morgan fingerprint density at radius 2 is 2.00 bits per heavy atom. The number of rotatable bonds is 7. The zero-order chi connectivity index (χ0) is 13.9. The summed E-state index contributed by atoms with van der Waals surface area (Å²) in [5.74, 6) is 1.06. The Labute approximate surface area is 114 Å². The molecule has 0 radical (unpaired) electrons. The first-order chi connectivity index (χ1) is 9.06. The molecule has 1 fully saturated rings. The lowest BCUT2D eigenvalue weighted by Gasteiger charge is -2.16. The monoisotopic (exact) mass is 284 g/mol. The van der Waals surface area contributed by atoms with Crippen LogP contribution in [-0.2, 0) is 10.0 Å². The van der Waals surface area contributed by atoms with E-state index in [-0.39, 0.29) is 10.9 Å². The van der Waals surface area contributed by atoms with Crippen molar-refractivity contribution >= 4 is 10.0 Å². The van der Waals surface area contributed by atoms with Crippen molar-refractivity contribution in [2.75, 3.05) is 13.2 Å². The van der Waals surface area contributed by atoms with E-state index in [4.69, 9.17) is 10.5 Å². The van der Waals surface area contributed by atoms with E-state index in [2.05, 4.69) is 4.72 Å². The van der Waals surface area contributed by atoms with Crippen LogP contribution in [0.3, 0.4) is 0 Å². The van der Waals surface area contributed by atoms with Gasteiger partial charge in [0.1, 0.15) is 5.75 Å². The van der Waals surface area contributed by atoms with Gasteiger partial charge in [0.2, 0.25) is 10.0 Å². The van der Waals surface area contributed by atoms with Crippen LogP contribution >= 0.6 is 0 Å². The first-order valence-corrected chi connectivity index (χ1v) is 8.00. The zero-order valence-corrected chi connectivity index (χ0v) is 11.8. The number of benzene rings is 1. The fourth-order valence-corrected chi connectivity index (χ4v) is 3.30. The fraction of sp³-hybridized carbons (Fsp3) is 0.538. The molecular weight excluding hydrogens is 264 g/mol.